The number of benzene rings is 6. The third kappa shape index (κ3) is 5.64. The minimum Gasteiger partial charge on any atom is -0.506 e. The summed E-state index contributed by atoms with van der Waals surface area (Å²) < 4.78 is 30.0. The molecule has 1 atom stereocenters. The van der Waals surface area contributed by atoms with Crippen LogP contribution in [-0.4, -0.2) is 44.3 Å². The molecule has 0 aromatic heterocycles. The van der Waals surface area contributed by atoms with Gasteiger partial charge < -0.3 is 44.1 Å². The number of rotatable bonds is 3. The van der Waals surface area contributed by atoms with Crippen molar-refractivity contribution < 1.29 is 63.3 Å². The van der Waals surface area contributed by atoms with Crippen molar-refractivity contribution in [3.05, 3.63) is 156 Å². The average molecular weight is 1010 g/mol. The average Bonchev–Trinajstić information content (AvgIpc) is 3.71. The van der Waals surface area contributed by atoms with Crippen LogP contribution in [0, 0.1) is 0 Å². The van der Waals surface area contributed by atoms with Crippen LogP contribution in [0.3, 0.4) is 0 Å². The maximum absolute atomic E-state index is 14.1. The molecule has 21 heteroatoms. The molecule has 6 aromatic rings. The van der Waals surface area contributed by atoms with E-state index < -0.39 is 62.0 Å². The molecular formula is C42H14Cl8O13. The van der Waals surface area contributed by atoms with E-state index in [1.54, 1.807) is 0 Å². The van der Waals surface area contributed by atoms with Crippen molar-refractivity contribution in [2.24, 2.45) is 0 Å². The van der Waals surface area contributed by atoms with Gasteiger partial charge in [-0.1, -0.05) is 92.8 Å². The van der Waals surface area contributed by atoms with Gasteiger partial charge in [-0.25, -0.2) is 19.2 Å². The fourth-order valence-corrected chi connectivity index (χ4v) is 10.2. The highest BCUT2D eigenvalue weighted by Gasteiger charge is 2.58. The van der Waals surface area contributed by atoms with Crippen molar-refractivity contribution in [3.63, 3.8) is 0 Å². The number of fused-ring (bicyclic) bond motifs is 12. The number of carboxylic acids is 1. The molecule has 6 aromatic carbocycles. The second-order valence-corrected chi connectivity index (χ2v) is 17.4. The Balaban J connectivity index is 1.10. The van der Waals surface area contributed by atoms with Gasteiger partial charge in [0, 0.05) is 57.6 Å². The molecule has 0 saturated heterocycles. The van der Waals surface area contributed by atoms with Crippen molar-refractivity contribution in [3.8, 4) is 46.0 Å². The maximum Gasteiger partial charge on any atom is 0.345 e. The number of hydrogen-bond donors (Lipinski definition) is 4. The van der Waals surface area contributed by atoms with Gasteiger partial charge in [-0.3, -0.25) is 0 Å². The Kier molecular flexibility index (Phi) is 9.23. The summed E-state index contributed by atoms with van der Waals surface area (Å²) in [5, 5.41) is 39.0. The van der Waals surface area contributed by atoms with Crippen molar-refractivity contribution in [1.82, 2.24) is 0 Å². The van der Waals surface area contributed by atoms with Crippen LogP contribution in [0.25, 0.3) is 0 Å². The SMILES string of the molecule is O=C(O)c1cc(Cl)c2c(c1Cl)C(=O)OC21c2cc(Cl)c(O)cc2Oc2cc(OC(=O)c3cc(Cl)c4c(c3Cl)C(=O)OC43c4cc(Cl)c(O)cc4Oc4cc(O)c(Cl)cc43)c(Cl)cc21. The minimum absolute atomic E-state index is 0.0137. The molecule has 13 nitrogen and oxygen atoms in total. The van der Waals surface area contributed by atoms with Crippen molar-refractivity contribution >= 4 is 117 Å². The molecule has 4 aliphatic heterocycles. The van der Waals surface area contributed by atoms with E-state index >= 15 is 0 Å². The van der Waals surface area contributed by atoms with Gasteiger partial charge in [-0.15, -0.1) is 0 Å². The number of hydrogen-bond acceptors (Lipinski definition) is 12. The molecule has 0 fully saturated rings. The van der Waals surface area contributed by atoms with Crippen LogP contribution in [0.4, 0.5) is 0 Å². The first kappa shape index (κ1) is 41.5. The molecule has 4 N–H and O–H groups in total. The van der Waals surface area contributed by atoms with Crippen LogP contribution in [0.2, 0.25) is 40.2 Å². The highest BCUT2D eigenvalue weighted by atomic mass is 35.5. The third-order valence-electron chi connectivity index (χ3n) is 10.8. The van der Waals surface area contributed by atoms with Gasteiger partial charge >= 0.3 is 23.9 Å². The Morgan fingerprint density at radius 3 is 1.27 bits per heavy atom. The monoisotopic (exact) mass is 1010 g/mol. The molecular weight excluding hydrogens is 996 g/mol. The van der Waals surface area contributed by atoms with Crippen LogP contribution < -0.4 is 14.2 Å². The van der Waals surface area contributed by atoms with Crippen LogP contribution in [0.5, 0.6) is 46.0 Å². The molecule has 10 rings (SSSR count). The first-order valence-electron chi connectivity index (χ1n) is 17.5. The highest BCUT2D eigenvalue weighted by Crippen LogP contribution is 2.63. The predicted molar refractivity (Wildman–Crippen MR) is 226 cm³/mol. The fraction of sp³-hybridized carbons (Fsp3) is 0.0476. The fourth-order valence-electron chi connectivity index (χ4n) is 8.23. The van der Waals surface area contributed by atoms with E-state index in [1.807, 2.05) is 0 Å². The maximum atomic E-state index is 14.1. The molecule has 0 amide bonds. The van der Waals surface area contributed by atoms with Crippen molar-refractivity contribution in [2.75, 3.05) is 0 Å². The van der Waals surface area contributed by atoms with E-state index in [-0.39, 0.29) is 115 Å². The van der Waals surface area contributed by atoms with E-state index in [9.17, 15) is 39.6 Å². The van der Waals surface area contributed by atoms with Crippen molar-refractivity contribution in [2.45, 2.75) is 11.2 Å². The molecule has 316 valence electrons. The van der Waals surface area contributed by atoms with Crippen LogP contribution in [0.15, 0.2) is 60.7 Å². The minimum atomic E-state index is -2.07. The summed E-state index contributed by atoms with van der Waals surface area (Å²) >= 11 is 52.8. The molecule has 0 saturated carbocycles. The molecule has 0 bridgehead atoms. The third-order valence-corrected chi connectivity index (χ3v) is 13.4. The largest absolute Gasteiger partial charge is 0.506 e. The van der Waals surface area contributed by atoms with Gasteiger partial charge in [0.1, 0.15) is 40.2 Å². The standard InChI is InChI=1S/C42H14Cl8O13/c43-17-3-13-26(7-23(17)51)59-27-8-24(52)18(44)4-14(27)41(13)34-22(48)2-12(36(50)32(34)40(58)63-41)38(56)61-30-10-29-16(6-20(30)46)42(15-5-19(45)25(53)9-28(15)60-29)33-21(47)1-11(37(54)55)35(49)31(33)39(57)62-42/h1-10,51-53H,(H,54,55). The Morgan fingerprint density at radius 1 is 0.492 bits per heavy atom. The lowest BCUT2D eigenvalue weighted by Crippen LogP contribution is -2.33. The number of carboxylic acid groups (broad SMARTS) is 1. The zero-order valence-electron chi connectivity index (χ0n) is 30.3. The number of phenolic OH excluding ortho intramolecular Hbond substituents is 3. The number of phenols is 3. The lowest BCUT2D eigenvalue weighted by molar-refractivity contribution is 0.0214. The lowest BCUT2D eigenvalue weighted by atomic mass is 9.77. The van der Waals surface area contributed by atoms with E-state index in [0.717, 1.165) is 24.3 Å². The molecule has 0 radical (unpaired) electrons. The van der Waals surface area contributed by atoms with E-state index in [4.69, 9.17) is 116 Å². The number of carbonyl (C=O) groups excluding carboxylic acids is 3. The quantitative estimate of drug-likeness (QED) is 0.0967. The normalized spacial score (nSPS) is 16.8. The van der Waals surface area contributed by atoms with Crippen LogP contribution in [-0.2, 0) is 20.7 Å². The molecule has 4 heterocycles. The number of aromatic carboxylic acids is 1. The zero-order valence-corrected chi connectivity index (χ0v) is 36.3. The summed E-state index contributed by atoms with van der Waals surface area (Å²) in [6, 6.07) is 11.8. The Bertz CT molecular complexity index is 3190. The molecule has 1 unspecified atom stereocenters. The molecule has 63 heavy (non-hydrogen) atoms. The van der Waals surface area contributed by atoms with E-state index in [1.165, 1.54) is 36.4 Å². The van der Waals surface area contributed by atoms with Crippen LogP contribution >= 0.6 is 92.8 Å². The highest BCUT2D eigenvalue weighted by molar-refractivity contribution is 6.41. The van der Waals surface area contributed by atoms with Gasteiger partial charge in [0.2, 0.25) is 0 Å². The summed E-state index contributed by atoms with van der Waals surface area (Å²) in [7, 11) is 0. The first-order chi connectivity index (χ1) is 29.8. The summed E-state index contributed by atoms with van der Waals surface area (Å²) in [4.78, 5) is 53.8. The number of carbonyl (C=O) groups is 4. The summed E-state index contributed by atoms with van der Waals surface area (Å²) in [6.07, 6.45) is 0. The topological polar surface area (TPSA) is 195 Å². The Morgan fingerprint density at radius 2 is 0.857 bits per heavy atom. The van der Waals surface area contributed by atoms with Gasteiger partial charge in [0.05, 0.1) is 62.4 Å². The molecule has 0 aliphatic carbocycles. The van der Waals surface area contributed by atoms with Gasteiger partial charge in [-0.05, 0) is 36.4 Å². The number of esters is 3. The molecule has 4 aliphatic rings. The number of halogens is 8. The van der Waals surface area contributed by atoms with Gasteiger partial charge in [0.25, 0.3) is 0 Å². The lowest BCUT2D eigenvalue weighted by Gasteiger charge is -2.37. The smallest absolute Gasteiger partial charge is 0.345 e. The Hall–Kier alpha value is -5.48. The summed E-state index contributed by atoms with van der Waals surface area (Å²) in [6.45, 7) is 0. The van der Waals surface area contributed by atoms with Crippen molar-refractivity contribution in [1.29, 1.82) is 0 Å². The second kappa shape index (κ2) is 14.0. The zero-order chi connectivity index (χ0) is 44.9. The first-order valence-corrected chi connectivity index (χ1v) is 20.6. The van der Waals surface area contributed by atoms with E-state index in [2.05, 4.69) is 0 Å². The summed E-state index contributed by atoms with van der Waals surface area (Å²) in [5.41, 5.74) is -5.75. The predicted octanol–water partition coefficient (Wildman–Crippen LogP) is 12.1. The number of ether oxygens (including phenoxy) is 5. The van der Waals surface area contributed by atoms with Gasteiger partial charge in [-0.2, -0.15) is 0 Å². The van der Waals surface area contributed by atoms with Gasteiger partial charge in [0.15, 0.2) is 17.0 Å². The number of aromatic hydroxyl groups is 3. The van der Waals surface area contributed by atoms with E-state index in [0.29, 0.717) is 0 Å². The summed E-state index contributed by atoms with van der Waals surface area (Å²) in [5.74, 6) is -6.76. The Labute approximate surface area is 391 Å². The second-order valence-electron chi connectivity index (χ2n) is 14.2. The van der Waals surface area contributed by atoms with Crippen LogP contribution in [0.1, 0.15) is 74.8 Å². The molecule has 2 spiro atoms.